The summed E-state index contributed by atoms with van der Waals surface area (Å²) in [6.07, 6.45) is 2.64. The third-order valence-corrected chi connectivity index (χ3v) is 3.25. The number of anilines is 1. The number of hydrogen-bond donors (Lipinski definition) is 1. The SMILES string of the molecule is CCN(CCNc1nc(Cl)nc(OC(C)C)n1)C1CC1. The van der Waals surface area contributed by atoms with Crippen molar-refractivity contribution >= 4 is 17.5 Å². The molecule has 1 aromatic rings. The molecule has 2 rings (SSSR count). The van der Waals surface area contributed by atoms with Gasteiger partial charge in [-0.3, -0.25) is 4.90 Å². The van der Waals surface area contributed by atoms with Gasteiger partial charge in [0.15, 0.2) is 0 Å². The van der Waals surface area contributed by atoms with Gasteiger partial charge in [-0.05, 0) is 44.8 Å². The average Bonchev–Trinajstić information content (AvgIpc) is 3.17. The Hall–Kier alpha value is -1.14. The molecule has 0 saturated heterocycles. The molecule has 0 aromatic carbocycles. The molecular formula is C13H22ClN5O. The van der Waals surface area contributed by atoms with E-state index in [2.05, 4.69) is 32.1 Å². The van der Waals surface area contributed by atoms with Gasteiger partial charge in [0.2, 0.25) is 11.2 Å². The number of likely N-dealkylation sites (N-methyl/N-ethyl adjacent to an activating group) is 1. The predicted octanol–water partition coefficient (Wildman–Crippen LogP) is 2.21. The normalized spacial score (nSPS) is 14.9. The van der Waals surface area contributed by atoms with Crippen LogP contribution in [0, 0.1) is 0 Å². The maximum Gasteiger partial charge on any atom is 0.322 e. The second kappa shape index (κ2) is 7.04. The highest BCUT2D eigenvalue weighted by atomic mass is 35.5. The van der Waals surface area contributed by atoms with Crippen LogP contribution in [0.15, 0.2) is 0 Å². The number of halogens is 1. The number of nitrogens with one attached hydrogen (secondary N) is 1. The van der Waals surface area contributed by atoms with Gasteiger partial charge in [0.25, 0.3) is 0 Å². The predicted molar refractivity (Wildman–Crippen MR) is 79.4 cm³/mol. The highest BCUT2D eigenvalue weighted by Crippen LogP contribution is 2.25. The van der Waals surface area contributed by atoms with Crippen LogP contribution in [-0.4, -0.2) is 51.6 Å². The Bertz CT molecular complexity index is 439. The zero-order valence-corrected chi connectivity index (χ0v) is 13.0. The summed E-state index contributed by atoms with van der Waals surface area (Å²) >= 11 is 5.87. The van der Waals surface area contributed by atoms with Crippen LogP contribution in [0.25, 0.3) is 0 Å². The molecule has 0 unspecified atom stereocenters. The van der Waals surface area contributed by atoms with Crippen molar-refractivity contribution in [1.29, 1.82) is 0 Å². The fourth-order valence-electron chi connectivity index (χ4n) is 2.02. The molecule has 1 aromatic heterocycles. The van der Waals surface area contributed by atoms with E-state index in [9.17, 15) is 0 Å². The first kappa shape index (κ1) is 15.3. The van der Waals surface area contributed by atoms with Gasteiger partial charge in [-0.1, -0.05) is 6.92 Å². The van der Waals surface area contributed by atoms with Crippen LogP contribution in [0.2, 0.25) is 5.28 Å². The topological polar surface area (TPSA) is 63.2 Å². The van der Waals surface area contributed by atoms with E-state index >= 15 is 0 Å². The number of ether oxygens (including phenoxy) is 1. The molecule has 0 aliphatic heterocycles. The van der Waals surface area contributed by atoms with Crippen LogP contribution >= 0.6 is 11.6 Å². The molecule has 0 atom stereocenters. The van der Waals surface area contributed by atoms with Crippen molar-refractivity contribution in [2.45, 2.75) is 45.8 Å². The van der Waals surface area contributed by atoms with Gasteiger partial charge >= 0.3 is 6.01 Å². The molecule has 6 nitrogen and oxygen atoms in total. The molecule has 0 bridgehead atoms. The standard InChI is InChI=1S/C13H22ClN5O/c1-4-19(10-5-6-10)8-7-15-12-16-11(14)17-13(18-12)20-9(2)3/h9-10H,4-8H2,1-3H3,(H,15,16,17,18). The minimum atomic E-state index is 0.00626. The smallest absolute Gasteiger partial charge is 0.322 e. The van der Waals surface area contributed by atoms with Crippen molar-refractivity contribution in [3.63, 3.8) is 0 Å². The van der Waals surface area contributed by atoms with E-state index in [0.29, 0.717) is 5.95 Å². The quantitative estimate of drug-likeness (QED) is 0.794. The van der Waals surface area contributed by atoms with Crippen molar-refractivity contribution in [3.8, 4) is 6.01 Å². The molecule has 1 N–H and O–H groups in total. The zero-order valence-electron chi connectivity index (χ0n) is 12.3. The van der Waals surface area contributed by atoms with Gasteiger partial charge in [0, 0.05) is 19.1 Å². The van der Waals surface area contributed by atoms with Gasteiger partial charge < -0.3 is 10.1 Å². The van der Waals surface area contributed by atoms with Crippen LogP contribution in [0.1, 0.15) is 33.6 Å². The van der Waals surface area contributed by atoms with Gasteiger partial charge in [0.05, 0.1) is 6.10 Å². The molecule has 1 saturated carbocycles. The third-order valence-electron chi connectivity index (χ3n) is 3.08. The number of aromatic nitrogens is 3. The Labute approximate surface area is 124 Å². The number of nitrogens with zero attached hydrogens (tertiary/aromatic N) is 4. The summed E-state index contributed by atoms with van der Waals surface area (Å²) in [5, 5.41) is 3.32. The lowest BCUT2D eigenvalue weighted by molar-refractivity contribution is 0.222. The highest BCUT2D eigenvalue weighted by Gasteiger charge is 2.27. The minimum Gasteiger partial charge on any atom is -0.461 e. The second-order valence-electron chi connectivity index (χ2n) is 5.16. The van der Waals surface area contributed by atoms with Crippen molar-refractivity contribution in [2.75, 3.05) is 25.0 Å². The Morgan fingerprint density at radius 1 is 1.35 bits per heavy atom. The fraction of sp³-hybridized carbons (Fsp3) is 0.769. The molecule has 1 aliphatic carbocycles. The van der Waals surface area contributed by atoms with Crippen LogP contribution in [0.5, 0.6) is 6.01 Å². The van der Waals surface area contributed by atoms with Crippen molar-refractivity contribution < 1.29 is 4.74 Å². The maximum absolute atomic E-state index is 5.87. The van der Waals surface area contributed by atoms with Gasteiger partial charge in [-0.2, -0.15) is 15.0 Å². The summed E-state index contributed by atoms with van der Waals surface area (Å²) in [6, 6.07) is 1.03. The van der Waals surface area contributed by atoms with E-state index < -0.39 is 0 Å². The van der Waals surface area contributed by atoms with E-state index in [1.807, 2.05) is 13.8 Å². The third kappa shape index (κ3) is 4.76. The molecule has 7 heteroatoms. The molecule has 0 amide bonds. The van der Waals surface area contributed by atoms with Gasteiger partial charge in [-0.25, -0.2) is 0 Å². The molecule has 0 spiro atoms. The average molecular weight is 300 g/mol. The van der Waals surface area contributed by atoms with E-state index in [1.165, 1.54) is 12.8 Å². The summed E-state index contributed by atoms with van der Waals surface area (Å²) in [5.74, 6) is 0.465. The number of hydrogen-bond acceptors (Lipinski definition) is 6. The first-order chi connectivity index (χ1) is 9.58. The first-order valence-corrected chi connectivity index (χ1v) is 7.52. The number of rotatable bonds is 8. The summed E-state index contributed by atoms with van der Waals surface area (Å²) in [5.41, 5.74) is 0. The molecule has 1 aliphatic rings. The summed E-state index contributed by atoms with van der Waals surface area (Å²) in [7, 11) is 0. The van der Waals surface area contributed by atoms with Crippen molar-refractivity contribution in [3.05, 3.63) is 5.28 Å². The zero-order chi connectivity index (χ0) is 14.5. The molecule has 0 radical (unpaired) electrons. The van der Waals surface area contributed by atoms with Gasteiger partial charge in [0.1, 0.15) is 0 Å². The highest BCUT2D eigenvalue weighted by molar-refractivity contribution is 6.28. The second-order valence-corrected chi connectivity index (χ2v) is 5.50. The van der Waals surface area contributed by atoms with Crippen LogP contribution in [-0.2, 0) is 0 Å². The lowest BCUT2D eigenvalue weighted by Crippen LogP contribution is -2.31. The van der Waals surface area contributed by atoms with Crippen molar-refractivity contribution in [2.24, 2.45) is 0 Å². The Kier molecular flexibility index (Phi) is 5.37. The van der Waals surface area contributed by atoms with Crippen LogP contribution < -0.4 is 10.1 Å². The Morgan fingerprint density at radius 3 is 2.70 bits per heavy atom. The summed E-state index contributed by atoms with van der Waals surface area (Å²) in [4.78, 5) is 14.7. The lowest BCUT2D eigenvalue weighted by Gasteiger charge is -2.19. The van der Waals surface area contributed by atoms with E-state index in [0.717, 1.165) is 25.7 Å². The van der Waals surface area contributed by atoms with E-state index in [-0.39, 0.29) is 17.4 Å². The molecule has 112 valence electrons. The van der Waals surface area contributed by atoms with Crippen LogP contribution in [0.3, 0.4) is 0 Å². The van der Waals surface area contributed by atoms with E-state index in [1.54, 1.807) is 0 Å². The summed E-state index contributed by atoms with van der Waals surface area (Å²) < 4.78 is 5.44. The van der Waals surface area contributed by atoms with Gasteiger partial charge in [-0.15, -0.1) is 0 Å². The molecule has 1 heterocycles. The van der Waals surface area contributed by atoms with E-state index in [4.69, 9.17) is 16.3 Å². The first-order valence-electron chi connectivity index (χ1n) is 7.14. The molecule has 20 heavy (non-hydrogen) atoms. The molecular weight excluding hydrogens is 278 g/mol. The largest absolute Gasteiger partial charge is 0.461 e. The Balaban J connectivity index is 1.86. The van der Waals surface area contributed by atoms with Crippen LogP contribution in [0.4, 0.5) is 5.95 Å². The van der Waals surface area contributed by atoms with Crippen molar-refractivity contribution in [1.82, 2.24) is 19.9 Å². The minimum absolute atomic E-state index is 0.00626. The fourth-order valence-corrected chi connectivity index (χ4v) is 2.18. The Morgan fingerprint density at radius 2 is 2.10 bits per heavy atom. The maximum atomic E-state index is 5.87. The summed E-state index contributed by atoms with van der Waals surface area (Å²) in [6.45, 7) is 8.86. The molecule has 1 fully saturated rings. The monoisotopic (exact) mass is 299 g/mol. The lowest BCUT2D eigenvalue weighted by atomic mass is 10.4.